The minimum Gasteiger partial charge on any atom is -0.381 e. The van der Waals surface area contributed by atoms with Gasteiger partial charge in [-0.25, -0.2) is 0 Å². The number of nitrogens with zero attached hydrogens (tertiary/aromatic N) is 1. The summed E-state index contributed by atoms with van der Waals surface area (Å²) in [6, 6.07) is 1.36. The Bertz CT molecular complexity index is 655. The third kappa shape index (κ3) is 4.61. The van der Waals surface area contributed by atoms with Gasteiger partial charge in [0, 0.05) is 47.6 Å². The Balaban J connectivity index is 1.42. The average molecular weight is 480 g/mol. The smallest absolute Gasteiger partial charge is 0.0836 e. The highest BCUT2D eigenvalue weighted by Gasteiger charge is 2.55. The van der Waals surface area contributed by atoms with Gasteiger partial charge in [0.2, 0.25) is 0 Å². The Morgan fingerprint density at radius 1 is 0.500 bits per heavy atom. The maximum absolute atomic E-state index is 5.99. The van der Waals surface area contributed by atoms with Crippen molar-refractivity contribution in [3.63, 3.8) is 0 Å². The molecule has 2 saturated heterocycles. The minimum atomic E-state index is 0.230. The molecule has 2 heterocycles. The summed E-state index contributed by atoms with van der Waals surface area (Å²) in [5.41, 5.74) is 0. The van der Waals surface area contributed by atoms with Crippen LogP contribution in [-0.4, -0.2) is 89.6 Å². The largest absolute Gasteiger partial charge is 0.381 e. The van der Waals surface area contributed by atoms with Gasteiger partial charge < -0.3 is 23.7 Å². The molecule has 0 N–H and O–H groups in total. The molecule has 6 heteroatoms. The van der Waals surface area contributed by atoms with Gasteiger partial charge in [-0.05, 0) is 100 Å². The molecule has 0 radical (unpaired) electrons. The summed E-state index contributed by atoms with van der Waals surface area (Å²) in [5, 5.41) is 0. The van der Waals surface area contributed by atoms with Gasteiger partial charge in [-0.15, -0.1) is 0 Å². The molecule has 6 nitrogen and oxygen atoms in total. The Labute approximate surface area is 207 Å². The average Bonchev–Trinajstić information content (AvgIpc) is 2.90. The van der Waals surface area contributed by atoms with Crippen molar-refractivity contribution in [1.82, 2.24) is 4.90 Å². The predicted octanol–water partition coefficient (Wildman–Crippen LogP) is 4.15. The van der Waals surface area contributed by atoms with E-state index >= 15 is 0 Å². The van der Waals surface area contributed by atoms with Crippen LogP contribution in [0.1, 0.15) is 64.2 Å². The molecule has 2 aliphatic heterocycles. The lowest BCUT2D eigenvalue weighted by Crippen LogP contribution is -2.66. The summed E-state index contributed by atoms with van der Waals surface area (Å²) in [5.74, 6) is 3.74. The topological polar surface area (TPSA) is 49.4 Å². The lowest BCUT2D eigenvalue weighted by atomic mass is 9.58. The van der Waals surface area contributed by atoms with Crippen molar-refractivity contribution < 1.29 is 23.7 Å². The van der Waals surface area contributed by atoms with Crippen molar-refractivity contribution in [2.45, 2.75) is 107 Å². The molecule has 34 heavy (non-hydrogen) atoms. The third-order valence-corrected chi connectivity index (χ3v) is 10.9. The fraction of sp³-hybridized carbons (Fsp3) is 1.00. The molecule has 5 aliphatic rings. The summed E-state index contributed by atoms with van der Waals surface area (Å²) >= 11 is 0. The first-order valence-corrected chi connectivity index (χ1v) is 14.0. The standard InChI is InChI=1S/C28H49NO5/c1-30-20-8-6-17(7-9-20)28-22-16-27(34-5)25(32-3)14-19(22)12-23-21-15-26(33-4)24(31-2)13-18(21)10-11-29(23)28/h17-28H,6-16H2,1-5H3/t17?,18?,19?,20?,21?,22?,23?,24?,25?,26?,27?,28-/m1/s1. The van der Waals surface area contributed by atoms with E-state index in [9.17, 15) is 0 Å². The minimum absolute atomic E-state index is 0.230. The van der Waals surface area contributed by atoms with Gasteiger partial charge in [0.25, 0.3) is 0 Å². The second-order valence-corrected chi connectivity index (χ2v) is 12.0. The molecule has 0 bridgehead atoms. The van der Waals surface area contributed by atoms with E-state index in [4.69, 9.17) is 23.7 Å². The number of hydrogen-bond donors (Lipinski definition) is 0. The van der Waals surface area contributed by atoms with E-state index in [0.29, 0.717) is 18.2 Å². The van der Waals surface area contributed by atoms with Crippen LogP contribution in [0.4, 0.5) is 0 Å². The summed E-state index contributed by atoms with van der Waals surface area (Å²) in [4.78, 5) is 3.01. The molecule has 0 amide bonds. The lowest BCUT2D eigenvalue weighted by molar-refractivity contribution is -0.172. The molecule has 9 unspecified atom stereocenters. The number of methoxy groups -OCH3 is 5. The van der Waals surface area contributed by atoms with Crippen molar-refractivity contribution in [2.24, 2.45) is 29.6 Å². The van der Waals surface area contributed by atoms with E-state index < -0.39 is 0 Å². The maximum Gasteiger partial charge on any atom is 0.0836 e. The van der Waals surface area contributed by atoms with Crippen LogP contribution in [-0.2, 0) is 23.7 Å². The molecule has 5 fully saturated rings. The Hall–Kier alpha value is -0.240. The summed E-state index contributed by atoms with van der Waals surface area (Å²) in [6.45, 7) is 1.25. The first-order chi connectivity index (χ1) is 16.6. The van der Waals surface area contributed by atoms with Gasteiger partial charge in [-0.1, -0.05) is 0 Å². The molecule has 0 aromatic rings. The quantitative estimate of drug-likeness (QED) is 0.570. The SMILES string of the molecule is COC1CCC([C@@H]2C3CC(OC)C(OC)CC3CC3C4CC(OC)C(OC)CC4CCN32)CC1. The monoisotopic (exact) mass is 479 g/mol. The van der Waals surface area contributed by atoms with E-state index in [0.717, 1.165) is 55.3 Å². The van der Waals surface area contributed by atoms with Crippen molar-refractivity contribution in [3.05, 3.63) is 0 Å². The lowest BCUT2D eigenvalue weighted by Gasteiger charge is -2.62. The van der Waals surface area contributed by atoms with Crippen molar-refractivity contribution >= 4 is 0 Å². The van der Waals surface area contributed by atoms with E-state index in [1.54, 1.807) is 0 Å². The van der Waals surface area contributed by atoms with Crippen LogP contribution in [0.2, 0.25) is 0 Å². The summed E-state index contributed by atoms with van der Waals surface area (Å²) in [6.07, 6.45) is 13.7. The Morgan fingerprint density at radius 3 is 1.65 bits per heavy atom. The molecule has 0 spiro atoms. The highest BCUT2D eigenvalue weighted by atomic mass is 16.5. The van der Waals surface area contributed by atoms with Gasteiger partial charge in [0.05, 0.1) is 30.5 Å². The molecular formula is C28H49NO5. The molecule has 0 aromatic carbocycles. The first-order valence-electron chi connectivity index (χ1n) is 14.0. The van der Waals surface area contributed by atoms with Gasteiger partial charge >= 0.3 is 0 Å². The molecular weight excluding hydrogens is 430 g/mol. The fourth-order valence-corrected chi connectivity index (χ4v) is 9.21. The highest BCUT2D eigenvalue weighted by Crippen LogP contribution is 2.54. The van der Waals surface area contributed by atoms with Crippen molar-refractivity contribution in [2.75, 3.05) is 42.1 Å². The molecule has 10 atom stereocenters. The van der Waals surface area contributed by atoms with Gasteiger partial charge in [-0.2, -0.15) is 0 Å². The first kappa shape index (κ1) is 25.4. The normalized spacial score (nSPS) is 49.7. The van der Waals surface area contributed by atoms with Crippen molar-refractivity contribution in [3.8, 4) is 0 Å². The third-order valence-electron chi connectivity index (χ3n) is 10.9. The van der Waals surface area contributed by atoms with Crippen LogP contribution in [0, 0.1) is 29.6 Å². The zero-order chi connectivity index (χ0) is 23.8. The number of rotatable bonds is 6. The number of piperidine rings is 2. The van der Waals surface area contributed by atoms with E-state index in [-0.39, 0.29) is 24.4 Å². The maximum atomic E-state index is 5.99. The van der Waals surface area contributed by atoms with E-state index in [1.807, 2.05) is 35.5 Å². The molecule has 0 aromatic heterocycles. The highest BCUT2D eigenvalue weighted by molar-refractivity contribution is 5.08. The van der Waals surface area contributed by atoms with E-state index in [2.05, 4.69) is 4.90 Å². The zero-order valence-electron chi connectivity index (χ0n) is 22.2. The van der Waals surface area contributed by atoms with Crippen LogP contribution in [0.5, 0.6) is 0 Å². The Kier molecular flexibility index (Phi) is 8.24. The number of ether oxygens (including phenoxy) is 5. The van der Waals surface area contributed by atoms with Gasteiger partial charge in [0.1, 0.15) is 0 Å². The van der Waals surface area contributed by atoms with E-state index in [1.165, 1.54) is 45.1 Å². The van der Waals surface area contributed by atoms with Crippen LogP contribution in [0.25, 0.3) is 0 Å². The fourth-order valence-electron chi connectivity index (χ4n) is 9.21. The summed E-state index contributed by atoms with van der Waals surface area (Å²) in [7, 11) is 9.39. The molecule has 196 valence electrons. The number of fused-ring (bicyclic) bond motifs is 4. The molecule has 3 aliphatic carbocycles. The van der Waals surface area contributed by atoms with Crippen LogP contribution in [0.15, 0.2) is 0 Å². The van der Waals surface area contributed by atoms with Crippen LogP contribution >= 0.6 is 0 Å². The van der Waals surface area contributed by atoms with Gasteiger partial charge in [-0.3, -0.25) is 4.90 Å². The number of hydrogen-bond acceptors (Lipinski definition) is 6. The second-order valence-electron chi connectivity index (χ2n) is 12.0. The predicted molar refractivity (Wildman–Crippen MR) is 132 cm³/mol. The molecule has 5 rings (SSSR count). The van der Waals surface area contributed by atoms with Gasteiger partial charge in [0.15, 0.2) is 0 Å². The van der Waals surface area contributed by atoms with Crippen LogP contribution in [0.3, 0.4) is 0 Å². The second kappa shape index (κ2) is 11.0. The summed E-state index contributed by atoms with van der Waals surface area (Å²) < 4.78 is 29.5. The zero-order valence-corrected chi connectivity index (χ0v) is 22.2. The Morgan fingerprint density at radius 2 is 1.06 bits per heavy atom. The van der Waals surface area contributed by atoms with Crippen molar-refractivity contribution in [1.29, 1.82) is 0 Å². The van der Waals surface area contributed by atoms with Crippen LogP contribution < -0.4 is 0 Å². The molecule has 3 saturated carbocycles.